The standard InChI is InChI=1S/C12H9BrFN3O2/c13-11-7(3-4-10(14)16-11)15-12(18)9-5-8(17-19-9)6-1-2-6/h3-6H,1-2H2,(H,15,18). The van der Waals surface area contributed by atoms with E-state index in [1.165, 1.54) is 6.07 Å². The highest BCUT2D eigenvalue weighted by atomic mass is 79.9. The van der Waals surface area contributed by atoms with Crippen LogP contribution in [0.2, 0.25) is 0 Å². The lowest BCUT2D eigenvalue weighted by atomic mass is 10.2. The predicted molar refractivity (Wildman–Crippen MR) is 68.3 cm³/mol. The maximum Gasteiger partial charge on any atom is 0.294 e. The Bertz CT molecular complexity index is 640. The molecule has 0 aliphatic heterocycles. The Kier molecular flexibility index (Phi) is 3.06. The molecule has 1 amide bonds. The third-order valence-corrected chi connectivity index (χ3v) is 3.42. The number of hydrogen-bond donors (Lipinski definition) is 1. The van der Waals surface area contributed by atoms with Crippen molar-refractivity contribution in [3.8, 4) is 0 Å². The summed E-state index contributed by atoms with van der Waals surface area (Å²) in [5.74, 6) is -0.503. The van der Waals surface area contributed by atoms with Crippen LogP contribution in [0.15, 0.2) is 27.3 Å². The zero-order chi connectivity index (χ0) is 13.4. The van der Waals surface area contributed by atoms with Crippen LogP contribution < -0.4 is 5.32 Å². The van der Waals surface area contributed by atoms with Gasteiger partial charge in [0.1, 0.15) is 4.60 Å². The summed E-state index contributed by atoms with van der Waals surface area (Å²) in [5.41, 5.74) is 1.18. The molecule has 0 saturated heterocycles. The van der Waals surface area contributed by atoms with Gasteiger partial charge in [0.05, 0.1) is 11.4 Å². The molecule has 1 aliphatic carbocycles. The highest BCUT2D eigenvalue weighted by Crippen LogP contribution is 2.39. The molecule has 0 atom stereocenters. The summed E-state index contributed by atoms with van der Waals surface area (Å²) >= 11 is 3.07. The number of carbonyl (C=O) groups excluding carboxylic acids is 1. The second-order valence-electron chi connectivity index (χ2n) is 4.32. The number of amides is 1. The van der Waals surface area contributed by atoms with E-state index in [9.17, 15) is 9.18 Å². The van der Waals surface area contributed by atoms with E-state index in [-0.39, 0.29) is 10.4 Å². The first-order valence-electron chi connectivity index (χ1n) is 5.73. The van der Waals surface area contributed by atoms with Gasteiger partial charge in [-0.3, -0.25) is 4.79 Å². The topological polar surface area (TPSA) is 68.0 Å². The molecular formula is C12H9BrFN3O2. The third-order valence-electron chi connectivity index (χ3n) is 2.81. The molecule has 2 aromatic rings. The molecule has 1 N–H and O–H groups in total. The van der Waals surface area contributed by atoms with Crippen molar-refractivity contribution in [3.05, 3.63) is 40.2 Å². The van der Waals surface area contributed by atoms with Crippen molar-refractivity contribution < 1.29 is 13.7 Å². The van der Waals surface area contributed by atoms with Gasteiger partial charge in [-0.15, -0.1) is 0 Å². The second kappa shape index (κ2) is 4.73. The Morgan fingerprint density at radius 2 is 2.26 bits per heavy atom. The van der Waals surface area contributed by atoms with E-state index in [2.05, 4.69) is 31.4 Å². The number of hydrogen-bond acceptors (Lipinski definition) is 4. The van der Waals surface area contributed by atoms with Crippen LogP contribution in [-0.2, 0) is 0 Å². The number of nitrogens with zero attached hydrogens (tertiary/aromatic N) is 2. The molecule has 0 bridgehead atoms. The molecular weight excluding hydrogens is 317 g/mol. The third kappa shape index (κ3) is 2.65. The molecule has 0 aromatic carbocycles. The molecule has 0 radical (unpaired) electrons. The Labute approximate surface area is 116 Å². The van der Waals surface area contributed by atoms with Crippen molar-refractivity contribution in [2.24, 2.45) is 0 Å². The number of halogens is 2. The van der Waals surface area contributed by atoms with Crippen LogP contribution in [0.1, 0.15) is 35.0 Å². The minimum absolute atomic E-state index is 0.137. The summed E-state index contributed by atoms with van der Waals surface area (Å²) in [7, 11) is 0. The van der Waals surface area contributed by atoms with Crippen molar-refractivity contribution in [2.45, 2.75) is 18.8 Å². The fourth-order valence-electron chi connectivity index (χ4n) is 1.66. The predicted octanol–water partition coefficient (Wildman–Crippen LogP) is 3.10. The maximum absolute atomic E-state index is 12.8. The fourth-order valence-corrected chi connectivity index (χ4v) is 2.06. The molecule has 3 rings (SSSR count). The van der Waals surface area contributed by atoms with Crippen molar-refractivity contribution in [1.29, 1.82) is 0 Å². The Morgan fingerprint density at radius 1 is 1.47 bits per heavy atom. The molecule has 5 nitrogen and oxygen atoms in total. The number of carbonyl (C=O) groups is 1. The summed E-state index contributed by atoms with van der Waals surface area (Å²) in [5, 5.41) is 6.43. The number of anilines is 1. The summed E-state index contributed by atoms with van der Waals surface area (Å²) < 4.78 is 18.0. The van der Waals surface area contributed by atoms with Crippen LogP contribution >= 0.6 is 15.9 Å². The van der Waals surface area contributed by atoms with E-state index >= 15 is 0 Å². The van der Waals surface area contributed by atoms with Gasteiger partial charge in [-0.2, -0.15) is 4.39 Å². The fraction of sp³-hybridized carbons (Fsp3) is 0.250. The Morgan fingerprint density at radius 3 is 2.95 bits per heavy atom. The van der Waals surface area contributed by atoms with Crippen LogP contribution in [0.25, 0.3) is 0 Å². The van der Waals surface area contributed by atoms with Crippen LogP contribution in [-0.4, -0.2) is 16.0 Å². The summed E-state index contributed by atoms with van der Waals surface area (Å²) in [6.07, 6.45) is 2.17. The zero-order valence-corrected chi connectivity index (χ0v) is 11.3. The quantitative estimate of drug-likeness (QED) is 0.880. The van der Waals surface area contributed by atoms with Crippen molar-refractivity contribution in [3.63, 3.8) is 0 Å². The summed E-state index contributed by atoms with van der Waals surface area (Å²) in [6, 6.07) is 4.22. The van der Waals surface area contributed by atoms with E-state index in [0.29, 0.717) is 11.6 Å². The van der Waals surface area contributed by atoms with E-state index < -0.39 is 11.9 Å². The monoisotopic (exact) mass is 325 g/mol. The van der Waals surface area contributed by atoms with E-state index in [4.69, 9.17) is 4.52 Å². The first kappa shape index (κ1) is 12.3. The van der Waals surface area contributed by atoms with Crippen LogP contribution in [0.4, 0.5) is 10.1 Å². The zero-order valence-electron chi connectivity index (χ0n) is 9.69. The van der Waals surface area contributed by atoms with Gasteiger partial charge >= 0.3 is 0 Å². The first-order chi connectivity index (χ1) is 9.13. The number of aromatic nitrogens is 2. The van der Waals surface area contributed by atoms with Gasteiger partial charge in [0.2, 0.25) is 11.7 Å². The molecule has 19 heavy (non-hydrogen) atoms. The van der Waals surface area contributed by atoms with Crippen LogP contribution in [0.5, 0.6) is 0 Å². The van der Waals surface area contributed by atoms with Crippen LogP contribution in [0.3, 0.4) is 0 Å². The Balaban J connectivity index is 1.76. The van der Waals surface area contributed by atoms with Gasteiger partial charge in [0.25, 0.3) is 5.91 Å². The molecule has 2 aromatic heterocycles. The maximum atomic E-state index is 12.8. The average molecular weight is 326 g/mol. The molecule has 98 valence electrons. The van der Waals surface area contributed by atoms with E-state index in [1.54, 1.807) is 6.07 Å². The van der Waals surface area contributed by atoms with Crippen molar-refractivity contribution >= 4 is 27.5 Å². The van der Waals surface area contributed by atoms with Gasteiger partial charge in [0, 0.05) is 12.0 Å². The molecule has 7 heteroatoms. The normalized spacial score (nSPS) is 14.4. The lowest BCUT2D eigenvalue weighted by Gasteiger charge is -2.04. The van der Waals surface area contributed by atoms with Gasteiger partial charge < -0.3 is 9.84 Å². The van der Waals surface area contributed by atoms with Gasteiger partial charge in [-0.05, 0) is 40.9 Å². The number of nitrogens with one attached hydrogen (secondary N) is 1. The minimum atomic E-state index is -0.624. The lowest BCUT2D eigenvalue weighted by molar-refractivity contribution is 0.0987. The molecule has 0 unspecified atom stereocenters. The van der Waals surface area contributed by atoms with Gasteiger partial charge in [-0.25, -0.2) is 4.98 Å². The molecule has 1 aliphatic rings. The first-order valence-corrected chi connectivity index (χ1v) is 6.53. The highest BCUT2D eigenvalue weighted by Gasteiger charge is 2.28. The molecule has 2 heterocycles. The number of rotatable bonds is 3. The van der Waals surface area contributed by atoms with E-state index in [0.717, 1.165) is 24.6 Å². The number of pyridine rings is 1. The van der Waals surface area contributed by atoms with E-state index in [1.807, 2.05) is 0 Å². The SMILES string of the molecule is O=C(Nc1ccc(F)nc1Br)c1cc(C2CC2)no1. The molecule has 1 fully saturated rings. The second-order valence-corrected chi connectivity index (χ2v) is 5.07. The van der Waals surface area contributed by atoms with Gasteiger partial charge in [-0.1, -0.05) is 5.16 Å². The lowest BCUT2D eigenvalue weighted by Crippen LogP contribution is -2.11. The van der Waals surface area contributed by atoms with Crippen molar-refractivity contribution in [1.82, 2.24) is 10.1 Å². The minimum Gasteiger partial charge on any atom is -0.351 e. The van der Waals surface area contributed by atoms with Crippen molar-refractivity contribution in [2.75, 3.05) is 5.32 Å². The summed E-state index contributed by atoms with van der Waals surface area (Å²) in [6.45, 7) is 0. The highest BCUT2D eigenvalue weighted by molar-refractivity contribution is 9.10. The average Bonchev–Trinajstić information content (AvgIpc) is 3.10. The summed E-state index contributed by atoms with van der Waals surface area (Å²) in [4.78, 5) is 15.5. The molecule has 0 spiro atoms. The molecule has 1 saturated carbocycles. The Hall–Kier alpha value is -1.76. The van der Waals surface area contributed by atoms with Gasteiger partial charge in [0.15, 0.2) is 0 Å². The van der Waals surface area contributed by atoms with Crippen LogP contribution in [0, 0.1) is 5.95 Å². The largest absolute Gasteiger partial charge is 0.351 e. The smallest absolute Gasteiger partial charge is 0.294 e.